The second kappa shape index (κ2) is 5.39. The van der Waals surface area contributed by atoms with Crippen LogP contribution in [0.1, 0.15) is 65.7 Å². The minimum atomic E-state index is 0.0687. The quantitative estimate of drug-likeness (QED) is 0.541. The maximum atomic E-state index is 6.56. The summed E-state index contributed by atoms with van der Waals surface area (Å²) in [7, 11) is 0. The Labute approximate surface area is 94.4 Å². The van der Waals surface area contributed by atoms with Crippen molar-refractivity contribution in [2.24, 2.45) is 11.8 Å². The first-order valence-corrected chi connectivity index (χ1v) is 6.58. The molecule has 0 aliphatic heterocycles. The highest BCUT2D eigenvalue weighted by molar-refractivity contribution is 6.23. The Hall–Kier alpha value is 0.290. The first-order valence-electron chi connectivity index (χ1n) is 6.20. The minimum absolute atomic E-state index is 0.0687. The Morgan fingerprint density at radius 3 is 2.43 bits per heavy atom. The van der Waals surface area contributed by atoms with Crippen molar-refractivity contribution in [2.75, 3.05) is 0 Å². The average Bonchev–Trinajstić information content (AvgIpc) is 2.15. The van der Waals surface area contributed by atoms with Gasteiger partial charge >= 0.3 is 0 Å². The Morgan fingerprint density at radius 2 is 1.79 bits per heavy atom. The van der Waals surface area contributed by atoms with E-state index >= 15 is 0 Å². The topological polar surface area (TPSA) is 0 Å². The van der Waals surface area contributed by atoms with Crippen LogP contribution in [0, 0.1) is 11.8 Å². The maximum absolute atomic E-state index is 6.56. The predicted octanol–water partition coefficient (Wildman–Crippen LogP) is 5.00. The third kappa shape index (κ3) is 4.21. The molecule has 84 valence electrons. The summed E-state index contributed by atoms with van der Waals surface area (Å²) in [6, 6.07) is 0. The van der Waals surface area contributed by atoms with Crippen molar-refractivity contribution in [3.05, 3.63) is 0 Å². The first kappa shape index (κ1) is 12.4. The number of alkyl halides is 1. The second-order valence-electron chi connectivity index (χ2n) is 5.57. The summed E-state index contributed by atoms with van der Waals surface area (Å²) >= 11 is 6.56. The van der Waals surface area contributed by atoms with Gasteiger partial charge in [0.2, 0.25) is 0 Å². The Bertz CT molecular complexity index is 161. The highest BCUT2D eigenvalue weighted by Gasteiger charge is 2.27. The molecule has 2 unspecified atom stereocenters. The molecule has 0 spiro atoms. The molecular weight excluding hydrogens is 192 g/mol. The molecule has 1 saturated carbocycles. The molecule has 14 heavy (non-hydrogen) atoms. The fourth-order valence-corrected chi connectivity index (χ4v) is 2.91. The van der Waals surface area contributed by atoms with Crippen LogP contribution in [-0.2, 0) is 0 Å². The summed E-state index contributed by atoms with van der Waals surface area (Å²) in [6.07, 6.45) is 9.34. The van der Waals surface area contributed by atoms with Gasteiger partial charge in [-0.15, -0.1) is 11.6 Å². The van der Waals surface area contributed by atoms with E-state index in [0.717, 1.165) is 11.8 Å². The number of hydrogen-bond donors (Lipinski definition) is 0. The van der Waals surface area contributed by atoms with Crippen LogP contribution >= 0.6 is 11.6 Å². The fourth-order valence-electron chi connectivity index (χ4n) is 2.57. The van der Waals surface area contributed by atoms with Crippen LogP contribution in [0.4, 0.5) is 0 Å². The first-order chi connectivity index (χ1) is 6.51. The van der Waals surface area contributed by atoms with Crippen LogP contribution in [0.25, 0.3) is 0 Å². The van der Waals surface area contributed by atoms with Gasteiger partial charge in [0.25, 0.3) is 0 Å². The molecule has 0 radical (unpaired) electrons. The number of hydrogen-bond acceptors (Lipinski definition) is 0. The van der Waals surface area contributed by atoms with Gasteiger partial charge in [-0.2, -0.15) is 0 Å². The predicted molar refractivity (Wildman–Crippen MR) is 64.9 cm³/mol. The van der Waals surface area contributed by atoms with Crippen molar-refractivity contribution in [1.82, 2.24) is 0 Å². The van der Waals surface area contributed by atoms with Crippen molar-refractivity contribution in [1.29, 1.82) is 0 Å². The van der Waals surface area contributed by atoms with E-state index in [0.29, 0.717) is 0 Å². The molecule has 1 heteroatoms. The highest BCUT2D eigenvalue weighted by Crippen LogP contribution is 2.36. The van der Waals surface area contributed by atoms with E-state index in [1.54, 1.807) is 0 Å². The Kier molecular flexibility index (Phi) is 4.76. The smallest absolute Gasteiger partial charge is 0.0421 e. The van der Waals surface area contributed by atoms with Crippen LogP contribution in [0.2, 0.25) is 0 Å². The van der Waals surface area contributed by atoms with Crippen LogP contribution in [0.15, 0.2) is 0 Å². The van der Waals surface area contributed by atoms with Crippen LogP contribution < -0.4 is 0 Å². The molecular formula is C13H25Cl. The zero-order valence-corrected chi connectivity index (χ0v) is 10.7. The SMILES string of the molecule is CC(C)C1CCCCCCC(C)(Cl)C1. The molecule has 0 heterocycles. The molecule has 1 fully saturated rings. The number of halogens is 1. The Morgan fingerprint density at radius 1 is 1.14 bits per heavy atom. The lowest BCUT2D eigenvalue weighted by Gasteiger charge is -2.29. The summed E-state index contributed by atoms with van der Waals surface area (Å²) in [6.45, 7) is 6.92. The highest BCUT2D eigenvalue weighted by atomic mass is 35.5. The monoisotopic (exact) mass is 216 g/mol. The zero-order chi connectivity index (χ0) is 10.6. The van der Waals surface area contributed by atoms with Crippen molar-refractivity contribution >= 4 is 11.6 Å². The lowest BCUT2D eigenvalue weighted by atomic mass is 9.83. The van der Waals surface area contributed by atoms with E-state index in [-0.39, 0.29) is 4.87 Å². The Balaban J connectivity index is 2.56. The van der Waals surface area contributed by atoms with Crippen LogP contribution in [0.5, 0.6) is 0 Å². The van der Waals surface area contributed by atoms with E-state index in [1.807, 2.05) is 0 Å². The van der Waals surface area contributed by atoms with Crippen LogP contribution in [0.3, 0.4) is 0 Å². The van der Waals surface area contributed by atoms with Gasteiger partial charge in [0, 0.05) is 4.87 Å². The van der Waals surface area contributed by atoms with Gasteiger partial charge in [0.05, 0.1) is 0 Å². The molecule has 0 bridgehead atoms. The van der Waals surface area contributed by atoms with E-state index in [9.17, 15) is 0 Å². The van der Waals surface area contributed by atoms with Crippen molar-refractivity contribution in [2.45, 2.75) is 70.6 Å². The third-order valence-corrected chi connectivity index (χ3v) is 4.00. The lowest BCUT2D eigenvalue weighted by Crippen LogP contribution is -2.23. The van der Waals surface area contributed by atoms with E-state index < -0.39 is 0 Å². The van der Waals surface area contributed by atoms with Gasteiger partial charge in [-0.25, -0.2) is 0 Å². The fraction of sp³-hybridized carbons (Fsp3) is 1.00. The molecule has 0 aromatic heterocycles. The summed E-state index contributed by atoms with van der Waals surface area (Å²) in [5, 5.41) is 0. The zero-order valence-electron chi connectivity index (χ0n) is 9.98. The molecule has 1 rings (SSSR count). The summed E-state index contributed by atoms with van der Waals surface area (Å²) in [5.74, 6) is 1.64. The molecule has 0 nitrogen and oxygen atoms in total. The molecule has 0 aromatic carbocycles. The van der Waals surface area contributed by atoms with Gasteiger partial charge in [0.1, 0.15) is 0 Å². The normalized spacial score (nSPS) is 36.2. The van der Waals surface area contributed by atoms with Gasteiger partial charge in [-0.05, 0) is 31.6 Å². The van der Waals surface area contributed by atoms with Gasteiger partial charge < -0.3 is 0 Å². The molecule has 0 aromatic rings. The minimum Gasteiger partial charge on any atom is -0.120 e. The molecule has 0 N–H and O–H groups in total. The van der Waals surface area contributed by atoms with Crippen molar-refractivity contribution < 1.29 is 0 Å². The van der Waals surface area contributed by atoms with Gasteiger partial charge in [0.15, 0.2) is 0 Å². The van der Waals surface area contributed by atoms with Crippen LogP contribution in [-0.4, -0.2) is 4.87 Å². The van der Waals surface area contributed by atoms with E-state index in [4.69, 9.17) is 11.6 Å². The molecule has 2 atom stereocenters. The molecule has 0 saturated heterocycles. The lowest BCUT2D eigenvalue weighted by molar-refractivity contribution is 0.296. The summed E-state index contributed by atoms with van der Waals surface area (Å²) in [5.41, 5.74) is 0. The van der Waals surface area contributed by atoms with Crippen molar-refractivity contribution in [3.8, 4) is 0 Å². The van der Waals surface area contributed by atoms with Gasteiger partial charge in [-0.1, -0.05) is 46.0 Å². The molecule has 1 aliphatic rings. The van der Waals surface area contributed by atoms with E-state index in [1.165, 1.54) is 44.9 Å². The standard InChI is InChI=1S/C13H25Cl/c1-11(2)12-8-6-4-5-7-9-13(3,14)10-12/h11-12H,4-10H2,1-3H3. The molecule has 1 aliphatic carbocycles. The summed E-state index contributed by atoms with van der Waals surface area (Å²) in [4.78, 5) is 0.0687. The second-order valence-corrected chi connectivity index (χ2v) is 6.49. The van der Waals surface area contributed by atoms with E-state index in [2.05, 4.69) is 20.8 Å². The third-order valence-electron chi connectivity index (χ3n) is 3.65. The van der Waals surface area contributed by atoms with Crippen molar-refractivity contribution in [3.63, 3.8) is 0 Å². The van der Waals surface area contributed by atoms with Gasteiger partial charge in [-0.3, -0.25) is 0 Å². The maximum Gasteiger partial charge on any atom is 0.0421 e. The average molecular weight is 217 g/mol. The molecule has 0 amide bonds. The number of rotatable bonds is 1. The largest absolute Gasteiger partial charge is 0.120 e. The summed E-state index contributed by atoms with van der Waals surface area (Å²) < 4.78 is 0.